The lowest BCUT2D eigenvalue weighted by molar-refractivity contribution is -0.914. The second-order valence-electron chi connectivity index (χ2n) is 6.09. The van der Waals surface area contributed by atoms with Crippen LogP contribution in [-0.2, 0) is 6.42 Å². The lowest BCUT2D eigenvalue weighted by Gasteiger charge is -2.35. The Morgan fingerprint density at radius 2 is 1.85 bits per heavy atom. The minimum atomic E-state index is 0. The molecule has 1 heterocycles. The van der Waals surface area contributed by atoms with Gasteiger partial charge in [0.1, 0.15) is 0 Å². The van der Waals surface area contributed by atoms with Gasteiger partial charge in [0.2, 0.25) is 0 Å². The molecule has 1 aromatic rings. The smallest absolute Gasteiger partial charge is 0.0971 e. The molecule has 20 heavy (non-hydrogen) atoms. The second kappa shape index (κ2) is 8.21. The Bertz CT molecular complexity index is 410. The van der Waals surface area contributed by atoms with E-state index < -0.39 is 0 Å². The van der Waals surface area contributed by atoms with Crippen molar-refractivity contribution in [2.45, 2.75) is 26.2 Å². The van der Waals surface area contributed by atoms with Gasteiger partial charge < -0.3 is 21.5 Å². The summed E-state index contributed by atoms with van der Waals surface area (Å²) in [6.45, 7) is 11.4. The maximum Gasteiger partial charge on any atom is 0.0971 e. The van der Waals surface area contributed by atoms with Crippen molar-refractivity contribution in [1.29, 1.82) is 0 Å². The maximum atomic E-state index is 5.93. The third-order valence-electron chi connectivity index (χ3n) is 4.23. The van der Waals surface area contributed by atoms with Gasteiger partial charge in [-0.05, 0) is 30.2 Å². The molecule has 0 bridgehead atoms. The zero-order valence-electron chi connectivity index (χ0n) is 12.3. The van der Waals surface area contributed by atoms with Crippen molar-refractivity contribution < 1.29 is 21.5 Å². The normalized spacial score (nSPS) is 18.3. The van der Waals surface area contributed by atoms with E-state index in [0.717, 1.165) is 18.0 Å². The second-order valence-corrected chi connectivity index (χ2v) is 6.52. The Hall–Kier alpha value is -0.310. The third kappa shape index (κ3) is 4.91. The van der Waals surface area contributed by atoms with Crippen molar-refractivity contribution in [1.82, 2.24) is 0 Å². The molecule has 0 saturated carbocycles. The number of hydrogen-bond donors (Lipinski definition) is 0. The minimum absolute atomic E-state index is 0. The molecule has 0 spiro atoms. The average Bonchev–Trinajstić information content (AvgIpc) is 2.81. The van der Waals surface area contributed by atoms with Crippen molar-refractivity contribution in [3.05, 3.63) is 47.5 Å². The SMILES string of the molecule is C=CC[N+]1(CC(C)Cc2ccc(Cl)cc2)CCCC1.[Br-]. The molecule has 1 fully saturated rings. The van der Waals surface area contributed by atoms with E-state index in [1.165, 1.54) is 42.5 Å². The van der Waals surface area contributed by atoms with Crippen LogP contribution in [0.4, 0.5) is 0 Å². The van der Waals surface area contributed by atoms with Crippen LogP contribution in [0.25, 0.3) is 0 Å². The summed E-state index contributed by atoms with van der Waals surface area (Å²) in [5.41, 5.74) is 1.40. The highest BCUT2D eigenvalue weighted by atomic mass is 79.9. The number of quaternary nitrogens is 1. The van der Waals surface area contributed by atoms with Gasteiger partial charge in [0.15, 0.2) is 0 Å². The van der Waals surface area contributed by atoms with E-state index in [0.29, 0.717) is 5.92 Å². The summed E-state index contributed by atoms with van der Waals surface area (Å²) in [6.07, 6.45) is 6.00. The van der Waals surface area contributed by atoms with Gasteiger partial charge in [-0.2, -0.15) is 0 Å². The summed E-state index contributed by atoms with van der Waals surface area (Å²) in [5, 5.41) is 0.825. The molecule has 1 aliphatic rings. The molecule has 1 atom stereocenters. The number of nitrogens with zero attached hydrogens (tertiary/aromatic N) is 1. The largest absolute Gasteiger partial charge is 1.00 e. The summed E-state index contributed by atoms with van der Waals surface area (Å²) in [5.74, 6) is 0.708. The Morgan fingerprint density at radius 1 is 1.25 bits per heavy atom. The molecule has 1 nitrogen and oxygen atoms in total. The van der Waals surface area contributed by atoms with Gasteiger partial charge in [-0.1, -0.05) is 37.2 Å². The molecule has 1 saturated heterocycles. The van der Waals surface area contributed by atoms with Gasteiger partial charge in [-0.3, -0.25) is 0 Å². The lowest BCUT2D eigenvalue weighted by atomic mass is 9.99. The molecule has 1 aliphatic heterocycles. The van der Waals surface area contributed by atoms with E-state index >= 15 is 0 Å². The summed E-state index contributed by atoms with van der Waals surface area (Å²) in [6, 6.07) is 8.29. The van der Waals surface area contributed by atoms with Crippen LogP contribution in [0.15, 0.2) is 36.9 Å². The van der Waals surface area contributed by atoms with Gasteiger partial charge in [0.25, 0.3) is 0 Å². The maximum absolute atomic E-state index is 5.93. The van der Waals surface area contributed by atoms with Gasteiger partial charge in [-0.15, -0.1) is 0 Å². The summed E-state index contributed by atoms with van der Waals surface area (Å²) < 4.78 is 1.25. The topological polar surface area (TPSA) is 0 Å². The summed E-state index contributed by atoms with van der Waals surface area (Å²) in [4.78, 5) is 0. The predicted octanol–water partition coefficient (Wildman–Crippen LogP) is 1.32. The van der Waals surface area contributed by atoms with Gasteiger partial charge in [0, 0.05) is 23.8 Å². The Morgan fingerprint density at radius 3 is 2.40 bits per heavy atom. The van der Waals surface area contributed by atoms with Crippen LogP contribution in [0.5, 0.6) is 0 Å². The molecule has 0 radical (unpaired) electrons. The highest BCUT2D eigenvalue weighted by Crippen LogP contribution is 2.23. The number of halogens is 2. The highest BCUT2D eigenvalue weighted by molar-refractivity contribution is 6.30. The van der Waals surface area contributed by atoms with Crippen LogP contribution in [0.2, 0.25) is 5.02 Å². The molecule has 0 aliphatic carbocycles. The number of likely N-dealkylation sites (tertiary alicyclic amines) is 1. The Balaban J connectivity index is 0.00000200. The highest BCUT2D eigenvalue weighted by Gasteiger charge is 2.32. The van der Waals surface area contributed by atoms with E-state index in [2.05, 4.69) is 31.7 Å². The predicted molar refractivity (Wildman–Crippen MR) is 83.5 cm³/mol. The lowest BCUT2D eigenvalue weighted by Crippen LogP contribution is -3.00. The standard InChI is InChI=1S/C17H25ClN.BrH/c1-3-10-19(11-4-5-12-19)14-15(2)13-16-6-8-17(18)9-7-16;/h3,6-9,15H,1,4-5,10-14H2,2H3;1H/q+1;/p-1. The van der Waals surface area contributed by atoms with Gasteiger partial charge >= 0.3 is 0 Å². The van der Waals surface area contributed by atoms with Crippen LogP contribution >= 0.6 is 11.6 Å². The zero-order valence-corrected chi connectivity index (χ0v) is 14.7. The monoisotopic (exact) mass is 357 g/mol. The fourth-order valence-electron chi connectivity index (χ4n) is 3.47. The van der Waals surface area contributed by atoms with Crippen LogP contribution in [0, 0.1) is 5.92 Å². The van der Waals surface area contributed by atoms with E-state index in [-0.39, 0.29) is 17.0 Å². The summed E-state index contributed by atoms with van der Waals surface area (Å²) in [7, 11) is 0. The first-order valence-corrected chi connectivity index (χ1v) is 7.72. The minimum Gasteiger partial charge on any atom is -1.00 e. The molecule has 0 amide bonds. The Labute approximate surface area is 139 Å². The van der Waals surface area contributed by atoms with Crippen LogP contribution < -0.4 is 17.0 Å². The molecular formula is C17H25BrClN. The Kier molecular flexibility index (Phi) is 7.28. The van der Waals surface area contributed by atoms with Crippen molar-refractivity contribution in [3.8, 4) is 0 Å². The van der Waals surface area contributed by atoms with Crippen LogP contribution in [0.3, 0.4) is 0 Å². The molecule has 1 unspecified atom stereocenters. The molecule has 3 heteroatoms. The molecule has 0 N–H and O–H groups in total. The van der Waals surface area contributed by atoms with E-state index in [4.69, 9.17) is 11.6 Å². The van der Waals surface area contributed by atoms with Crippen molar-refractivity contribution >= 4 is 11.6 Å². The number of hydrogen-bond acceptors (Lipinski definition) is 0. The van der Waals surface area contributed by atoms with Crippen molar-refractivity contribution in [2.24, 2.45) is 5.92 Å². The molecule has 0 aromatic heterocycles. The molecule has 112 valence electrons. The third-order valence-corrected chi connectivity index (χ3v) is 4.48. The fourth-order valence-corrected chi connectivity index (χ4v) is 3.59. The number of benzene rings is 1. The first-order valence-electron chi connectivity index (χ1n) is 7.34. The number of rotatable bonds is 6. The fraction of sp³-hybridized carbons (Fsp3) is 0.529. The zero-order chi connectivity index (χ0) is 13.7. The van der Waals surface area contributed by atoms with Gasteiger partial charge in [0.05, 0.1) is 26.2 Å². The van der Waals surface area contributed by atoms with Crippen molar-refractivity contribution in [2.75, 3.05) is 26.2 Å². The van der Waals surface area contributed by atoms with E-state index in [9.17, 15) is 0 Å². The average molecular weight is 359 g/mol. The van der Waals surface area contributed by atoms with E-state index in [1.807, 2.05) is 12.1 Å². The summed E-state index contributed by atoms with van der Waals surface area (Å²) >= 11 is 5.93. The first kappa shape index (κ1) is 17.7. The molecule has 1 aromatic carbocycles. The first-order chi connectivity index (χ1) is 9.13. The van der Waals surface area contributed by atoms with Gasteiger partial charge in [-0.25, -0.2) is 0 Å². The molecular weight excluding hydrogens is 334 g/mol. The van der Waals surface area contributed by atoms with E-state index in [1.54, 1.807) is 0 Å². The van der Waals surface area contributed by atoms with Crippen LogP contribution in [0.1, 0.15) is 25.3 Å². The van der Waals surface area contributed by atoms with Crippen molar-refractivity contribution in [3.63, 3.8) is 0 Å². The quantitative estimate of drug-likeness (QED) is 0.531. The molecule has 2 rings (SSSR count). The van der Waals surface area contributed by atoms with Crippen LogP contribution in [-0.4, -0.2) is 30.7 Å².